The third-order valence-electron chi connectivity index (χ3n) is 3.29. The van der Waals surface area contributed by atoms with Crippen molar-refractivity contribution >= 4 is 18.2 Å². The van der Waals surface area contributed by atoms with Crippen LogP contribution < -0.4 is 4.90 Å². The minimum absolute atomic E-state index is 0.826. The number of hydrogen-bond donors (Lipinski definition) is 0. The predicted octanol–water partition coefficient (Wildman–Crippen LogP) is 4.61. The molecule has 0 spiro atoms. The largest absolute Gasteiger partial charge is 0.325 e. The smallest absolute Gasteiger partial charge is 0.158 e. The fourth-order valence-corrected chi connectivity index (χ4v) is 2.24. The number of benzene rings is 1. The first-order chi connectivity index (χ1) is 10.2. The van der Waals surface area contributed by atoms with Gasteiger partial charge < -0.3 is 4.90 Å². The van der Waals surface area contributed by atoms with Crippen molar-refractivity contribution in [2.24, 2.45) is 10.2 Å². The number of allylic oxidation sites excluding steroid dienone is 3. The van der Waals surface area contributed by atoms with Gasteiger partial charge in [0.25, 0.3) is 0 Å². The predicted molar refractivity (Wildman–Crippen MR) is 94.4 cm³/mol. The Morgan fingerprint density at radius 2 is 2.00 bits per heavy atom. The monoisotopic (exact) mass is 283 g/mol. The van der Waals surface area contributed by atoms with Gasteiger partial charge >= 0.3 is 0 Å². The zero-order chi connectivity index (χ0) is 15.7. The molecule has 0 aromatic heterocycles. The molecule has 0 saturated carbocycles. The Morgan fingerprint density at radius 1 is 1.29 bits per heavy atom. The lowest BCUT2D eigenvalue weighted by atomic mass is 10.1. The van der Waals surface area contributed by atoms with E-state index in [1.165, 1.54) is 11.3 Å². The molecule has 0 amide bonds. The third-order valence-corrected chi connectivity index (χ3v) is 3.29. The lowest BCUT2D eigenvalue weighted by Gasteiger charge is -2.26. The molecule has 3 nitrogen and oxygen atoms in total. The van der Waals surface area contributed by atoms with Gasteiger partial charge in [-0.2, -0.15) is 5.10 Å². The van der Waals surface area contributed by atoms with Gasteiger partial charge in [0, 0.05) is 18.9 Å². The van der Waals surface area contributed by atoms with Gasteiger partial charge in [-0.25, -0.2) is 0 Å². The molecule has 21 heavy (non-hydrogen) atoms. The van der Waals surface area contributed by atoms with Crippen molar-refractivity contribution in [3.05, 3.63) is 53.6 Å². The van der Waals surface area contributed by atoms with Crippen LogP contribution in [0.3, 0.4) is 0 Å². The van der Waals surface area contributed by atoms with Crippen molar-refractivity contribution in [3.63, 3.8) is 0 Å². The Hall–Kier alpha value is -2.16. The van der Waals surface area contributed by atoms with E-state index in [-0.39, 0.29) is 0 Å². The highest BCUT2D eigenvalue weighted by atomic mass is 15.3. The van der Waals surface area contributed by atoms with E-state index in [1.807, 2.05) is 32.1 Å². The minimum atomic E-state index is 0.826. The molecule has 0 atom stereocenters. The van der Waals surface area contributed by atoms with Gasteiger partial charge in [-0.3, -0.25) is 0 Å². The summed E-state index contributed by atoms with van der Waals surface area (Å²) in [5.74, 6) is 0.839. The molecule has 0 radical (unpaired) electrons. The van der Waals surface area contributed by atoms with Crippen LogP contribution in [0.2, 0.25) is 0 Å². The second-order valence-electron chi connectivity index (χ2n) is 4.67. The Kier molecular flexibility index (Phi) is 7.16. The molecular weight excluding hydrogens is 258 g/mol. The molecular formula is C18H25N3. The van der Waals surface area contributed by atoms with Crippen LogP contribution in [0.15, 0.2) is 58.3 Å². The van der Waals surface area contributed by atoms with Crippen molar-refractivity contribution in [1.29, 1.82) is 0 Å². The van der Waals surface area contributed by atoms with Crippen molar-refractivity contribution in [1.82, 2.24) is 0 Å². The summed E-state index contributed by atoms with van der Waals surface area (Å²) in [6.45, 7) is 12.7. The summed E-state index contributed by atoms with van der Waals surface area (Å²) in [6, 6.07) is 8.41. The van der Waals surface area contributed by atoms with Gasteiger partial charge in [0.2, 0.25) is 0 Å². The van der Waals surface area contributed by atoms with E-state index >= 15 is 0 Å². The number of rotatable bonds is 6. The maximum atomic E-state index is 4.25. The number of nitrogens with zero attached hydrogens (tertiary/aromatic N) is 3. The first kappa shape index (κ1) is 16.9. The van der Waals surface area contributed by atoms with E-state index in [4.69, 9.17) is 0 Å². The van der Waals surface area contributed by atoms with Crippen LogP contribution in [0, 0.1) is 0 Å². The number of amidine groups is 1. The van der Waals surface area contributed by atoms with E-state index in [0.29, 0.717) is 0 Å². The average molecular weight is 283 g/mol. The fourth-order valence-electron chi connectivity index (χ4n) is 2.24. The molecule has 0 N–H and O–H groups in total. The van der Waals surface area contributed by atoms with Crippen molar-refractivity contribution in [2.75, 3.05) is 11.4 Å². The molecule has 0 bridgehead atoms. The molecule has 1 rings (SSSR count). The minimum Gasteiger partial charge on any atom is -0.325 e. The Labute approximate surface area is 128 Å². The number of likely N-dealkylation sites (N-methyl/N-ethyl adjacent to an activating group) is 1. The Morgan fingerprint density at radius 3 is 2.57 bits per heavy atom. The first-order valence-corrected chi connectivity index (χ1v) is 7.38. The van der Waals surface area contributed by atoms with Crippen LogP contribution in [0.4, 0.5) is 5.69 Å². The second-order valence-corrected chi connectivity index (χ2v) is 4.67. The van der Waals surface area contributed by atoms with Gasteiger partial charge in [0.15, 0.2) is 5.84 Å². The summed E-state index contributed by atoms with van der Waals surface area (Å²) < 4.78 is 0. The Bertz CT molecular complexity index is 553. The summed E-state index contributed by atoms with van der Waals surface area (Å²) in [5, 5.41) is 8.00. The van der Waals surface area contributed by atoms with E-state index in [0.717, 1.165) is 24.4 Å². The Balaban J connectivity index is 3.32. The zero-order valence-corrected chi connectivity index (χ0v) is 13.5. The highest BCUT2D eigenvalue weighted by Gasteiger charge is 2.16. The fraction of sp³-hybridized carbons (Fsp3) is 0.333. The zero-order valence-electron chi connectivity index (χ0n) is 13.5. The first-order valence-electron chi connectivity index (χ1n) is 7.38. The summed E-state index contributed by atoms with van der Waals surface area (Å²) >= 11 is 0. The standard InChI is InChI=1S/C18H25N3/c1-6-9-12-15(4)18(20-19-5)21(8-3)17-14-11-10-13-16(17)7-2/h6,9-14H,5,7-8H2,1-4H3/b9-6-,15-12+,20-18-. The van der Waals surface area contributed by atoms with Crippen LogP contribution in [-0.4, -0.2) is 19.1 Å². The van der Waals surface area contributed by atoms with Gasteiger partial charge in [-0.15, -0.1) is 5.10 Å². The molecule has 0 unspecified atom stereocenters. The van der Waals surface area contributed by atoms with Crippen LogP contribution in [-0.2, 0) is 6.42 Å². The van der Waals surface area contributed by atoms with Crippen LogP contribution >= 0.6 is 0 Å². The number of anilines is 1. The molecule has 1 aromatic carbocycles. The molecule has 0 saturated heterocycles. The van der Waals surface area contributed by atoms with Crippen molar-refractivity contribution in [2.45, 2.75) is 34.1 Å². The molecule has 3 heteroatoms. The van der Waals surface area contributed by atoms with Gasteiger partial charge in [-0.05, 0) is 44.4 Å². The normalized spacial score (nSPS) is 12.8. The summed E-state index contributed by atoms with van der Waals surface area (Å²) in [5.41, 5.74) is 3.54. The molecule has 0 aliphatic carbocycles. The molecule has 0 heterocycles. The van der Waals surface area contributed by atoms with Crippen LogP contribution in [0.25, 0.3) is 0 Å². The van der Waals surface area contributed by atoms with E-state index in [2.05, 4.69) is 59.9 Å². The molecule has 0 fully saturated rings. The second kappa shape index (κ2) is 8.90. The SMILES string of the molecule is C=N/N=C(/C(C)=C/C=C\C)N(CC)c1ccccc1CC. The third kappa shape index (κ3) is 4.42. The molecule has 112 valence electrons. The van der Waals surface area contributed by atoms with E-state index < -0.39 is 0 Å². The van der Waals surface area contributed by atoms with Gasteiger partial charge in [0.05, 0.1) is 0 Å². The highest BCUT2D eigenvalue weighted by Crippen LogP contribution is 2.23. The maximum absolute atomic E-state index is 4.25. The van der Waals surface area contributed by atoms with E-state index in [9.17, 15) is 0 Å². The summed E-state index contributed by atoms with van der Waals surface area (Å²) in [7, 11) is 0. The molecule has 0 aliphatic rings. The van der Waals surface area contributed by atoms with Crippen molar-refractivity contribution < 1.29 is 0 Å². The summed E-state index contributed by atoms with van der Waals surface area (Å²) in [4.78, 5) is 2.18. The number of hydrogen-bond acceptors (Lipinski definition) is 2. The quantitative estimate of drug-likeness (QED) is 0.324. The van der Waals surface area contributed by atoms with Crippen LogP contribution in [0.5, 0.6) is 0 Å². The maximum Gasteiger partial charge on any atom is 0.158 e. The highest BCUT2D eigenvalue weighted by molar-refractivity contribution is 6.09. The average Bonchev–Trinajstić information content (AvgIpc) is 2.52. The van der Waals surface area contributed by atoms with E-state index in [1.54, 1.807) is 0 Å². The van der Waals surface area contributed by atoms with Crippen molar-refractivity contribution in [3.8, 4) is 0 Å². The lowest BCUT2D eigenvalue weighted by molar-refractivity contribution is 1.01. The topological polar surface area (TPSA) is 28.0 Å². The van der Waals surface area contributed by atoms with Gasteiger partial charge in [-0.1, -0.05) is 43.4 Å². The molecule has 1 aromatic rings. The van der Waals surface area contributed by atoms with Gasteiger partial charge in [0.1, 0.15) is 0 Å². The lowest BCUT2D eigenvalue weighted by Crippen LogP contribution is -2.32. The number of para-hydroxylation sites is 1. The van der Waals surface area contributed by atoms with Crippen LogP contribution in [0.1, 0.15) is 33.3 Å². The summed E-state index contributed by atoms with van der Waals surface area (Å²) in [6.07, 6.45) is 7.03. The molecule has 0 aliphatic heterocycles. The number of aryl methyl sites for hydroxylation is 1.